The van der Waals surface area contributed by atoms with Crippen molar-refractivity contribution in [3.8, 4) is 0 Å². The summed E-state index contributed by atoms with van der Waals surface area (Å²) in [7, 11) is 0. The average Bonchev–Trinajstić information content (AvgIpc) is 3.14. The first-order valence-corrected chi connectivity index (χ1v) is 9.71. The Hall–Kier alpha value is -0.980. The van der Waals surface area contributed by atoms with Crippen LogP contribution in [0.1, 0.15) is 15.6 Å². The van der Waals surface area contributed by atoms with Crippen LogP contribution in [0.3, 0.4) is 0 Å². The van der Waals surface area contributed by atoms with Gasteiger partial charge in [-0.3, -0.25) is 4.90 Å². The van der Waals surface area contributed by atoms with Crippen molar-refractivity contribution in [3.05, 3.63) is 38.4 Å². The molecule has 0 radical (unpaired) electrons. The van der Waals surface area contributed by atoms with E-state index in [1.807, 2.05) is 17.5 Å². The van der Waals surface area contributed by atoms with E-state index in [1.54, 1.807) is 0 Å². The van der Waals surface area contributed by atoms with Crippen LogP contribution in [-0.4, -0.2) is 41.0 Å². The van der Waals surface area contributed by atoms with Gasteiger partial charge in [-0.15, -0.1) is 11.3 Å². The SMILES string of the molecule is Cc1nc(C)c(CN2CC3CN(c4ccc(Br)cn4)CC3C2)s1. The first-order chi connectivity index (χ1) is 11.1. The molecular weight excluding hydrogens is 372 g/mol. The predicted octanol–water partition coefficient (Wildman–Crippen LogP) is 3.49. The van der Waals surface area contributed by atoms with Gasteiger partial charge in [-0.05, 0) is 53.7 Å². The third-order valence-electron chi connectivity index (χ3n) is 4.96. The van der Waals surface area contributed by atoms with E-state index in [4.69, 9.17) is 0 Å². The molecule has 0 bridgehead atoms. The zero-order valence-electron chi connectivity index (χ0n) is 13.5. The maximum atomic E-state index is 4.56. The van der Waals surface area contributed by atoms with Crippen molar-refractivity contribution in [3.63, 3.8) is 0 Å². The number of aryl methyl sites for hydroxylation is 2. The third kappa shape index (κ3) is 3.16. The van der Waals surface area contributed by atoms with Crippen LogP contribution in [0.5, 0.6) is 0 Å². The van der Waals surface area contributed by atoms with E-state index in [9.17, 15) is 0 Å². The van der Waals surface area contributed by atoms with Crippen LogP contribution in [0.15, 0.2) is 22.8 Å². The molecule has 23 heavy (non-hydrogen) atoms. The van der Waals surface area contributed by atoms with Crippen molar-refractivity contribution >= 4 is 33.1 Å². The molecule has 0 saturated carbocycles. The second-order valence-electron chi connectivity index (χ2n) is 6.70. The molecule has 0 N–H and O–H groups in total. The number of aromatic nitrogens is 2. The van der Waals surface area contributed by atoms with E-state index in [1.165, 1.54) is 28.7 Å². The first-order valence-electron chi connectivity index (χ1n) is 8.10. The molecule has 2 aliphatic heterocycles. The molecule has 2 aromatic rings. The monoisotopic (exact) mass is 392 g/mol. The normalized spacial score (nSPS) is 24.4. The molecule has 0 aromatic carbocycles. The van der Waals surface area contributed by atoms with Gasteiger partial charge in [0.05, 0.1) is 10.7 Å². The number of hydrogen-bond donors (Lipinski definition) is 0. The number of nitrogens with zero attached hydrogens (tertiary/aromatic N) is 4. The van der Waals surface area contributed by atoms with Crippen molar-refractivity contribution in [1.82, 2.24) is 14.9 Å². The highest BCUT2D eigenvalue weighted by Gasteiger charge is 2.40. The number of thiazole rings is 1. The van der Waals surface area contributed by atoms with E-state index < -0.39 is 0 Å². The van der Waals surface area contributed by atoms with Gasteiger partial charge in [-0.2, -0.15) is 0 Å². The van der Waals surface area contributed by atoms with Gasteiger partial charge in [0.2, 0.25) is 0 Å². The van der Waals surface area contributed by atoms with E-state index in [0.717, 1.165) is 41.8 Å². The third-order valence-corrected chi connectivity index (χ3v) is 6.49. The fraction of sp³-hybridized carbons (Fsp3) is 0.529. The van der Waals surface area contributed by atoms with Crippen molar-refractivity contribution in [2.45, 2.75) is 20.4 Å². The maximum absolute atomic E-state index is 4.56. The summed E-state index contributed by atoms with van der Waals surface area (Å²) in [5.74, 6) is 2.66. The molecule has 4 nitrogen and oxygen atoms in total. The summed E-state index contributed by atoms with van der Waals surface area (Å²) in [4.78, 5) is 15.6. The number of anilines is 1. The zero-order valence-corrected chi connectivity index (χ0v) is 15.9. The van der Waals surface area contributed by atoms with Crippen LogP contribution in [0.4, 0.5) is 5.82 Å². The first kappa shape index (κ1) is 15.5. The van der Waals surface area contributed by atoms with Gasteiger partial charge >= 0.3 is 0 Å². The van der Waals surface area contributed by atoms with Crippen LogP contribution in [0.2, 0.25) is 0 Å². The minimum Gasteiger partial charge on any atom is -0.356 e. The second-order valence-corrected chi connectivity index (χ2v) is 8.90. The summed E-state index contributed by atoms with van der Waals surface area (Å²) < 4.78 is 1.04. The number of pyridine rings is 1. The Balaban J connectivity index is 1.38. The van der Waals surface area contributed by atoms with Gasteiger partial charge in [-0.1, -0.05) is 0 Å². The van der Waals surface area contributed by atoms with Crippen LogP contribution in [-0.2, 0) is 6.54 Å². The molecule has 2 aromatic heterocycles. The Kier molecular flexibility index (Phi) is 4.15. The summed E-state index contributed by atoms with van der Waals surface area (Å²) in [5.41, 5.74) is 1.21. The maximum Gasteiger partial charge on any atom is 0.128 e. The molecule has 4 heterocycles. The lowest BCUT2D eigenvalue weighted by molar-refractivity contribution is 0.310. The molecule has 6 heteroatoms. The van der Waals surface area contributed by atoms with Crippen molar-refractivity contribution in [1.29, 1.82) is 0 Å². The van der Waals surface area contributed by atoms with Gasteiger partial charge < -0.3 is 4.90 Å². The minimum absolute atomic E-state index is 0.773. The van der Waals surface area contributed by atoms with Gasteiger partial charge in [0.15, 0.2) is 0 Å². The molecule has 2 unspecified atom stereocenters. The Morgan fingerprint density at radius 3 is 2.48 bits per heavy atom. The Bertz CT molecular complexity index is 685. The van der Waals surface area contributed by atoms with Crippen LogP contribution < -0.4 is 4.90 Å². The molecule has 0 aliphatic carbocycles. The number of fused-ring (bicyclic) bond motifs is 1. The summed E-state index contributed by atoms with van der Waals surface area (Å²) >= 11 is 5.31. The largest absolute Gasteiger partial charge is 0.356 e. The molecule has 2 aliphatic rings. The van der Waals surface area contributed by atoms with Gasteiger partial charge in [0, 0.05) is 48.3 Å². The smallest absolute Gasteiger partial charge is 0.128 e. The molecule has 122 valence electrons. The standard InChI is InChI=1S/C17H21BrN4S/c1-11-16(23-12(2)20-11)10-21-6-13-8-22(9-14(13)7-21)17-4-3-15(18)5-19-17/h3-5,13-14H,6-10H2,1-2H3. The van der Waals surface area contributed by atoms with Crippen LogP contribution in [0, 0.1) is 25.7 Å². The van der Waals surface area contributed by atoms with E-state index in [2.05, 4.69) is 61.7 Å². The highest BCUT2D eigenvalue weighted by molar-refractivity contribution is 9.10. The van der Waals surface area contributed by atoms with Crippen molar-refractivity contribution < 1.29 is 0 Å². The highest BCUT2D eigenvalue weighted by atomic mass is 79.9. The molecule has 2 saturated heterocycles. The predicted molar refractivity (Wildman–Crippen MR) is 98.0 cm³/mol. The lowest BCUT2D eigenvalue weighted by atomic mass is 10.0. The fourth-order valence-electron chi connectivity index (χ4n) is 3.88. The number of hydrogen-bond acceptors (Lipinski definition) is 5. The molecule has 0 spiro atoms. The van der Waals surface area contributed by atoms with Gasteiger partial charge in [0.1, 0.15) is 5.82 Å². The Morgan fingerprint density at radius 2 is 1.91 bits per heavy atom. The summed E-state index contributed by atoms with van der Waals surface area (Å²) in [6.07, 6.45) is 1.89. The van der Waals surface area contributed by atoms with Crippen LogP contribution in [0.25, 0.3) is 0 Å². The highest BCUT2D eigenvalue weighted by Crippen LogP contribution is 2.34. The van der Waals surface area contributed by atoms with Crippen molar-refractivity contribution in [2.75, 3.05) is 31.1 Å². The Labute approximate surface area is 149 Å². The second kappa shape index (κ2) is 6.15. The molecule has 2 fully saturated rings. The summed E-state index contributed by atoms with van der Waals surface area (Å²) in [5, 5.41) is 1.18. The molecule has 2 atom stereocenters. The fourth-order valence-corrected chi connectivity index (χ4v) is 5.10. The van der Waals surface area contributed by atoms with E-state index in [-0.39, 0.29) is 0 Å². The van der Waals surface area contributed by atoms with E-state index >= 15 is 0 Å². The average molecular weight is 393 g/mol. The van der Waals surface area contributed by atoms with Crippen molar-refractivity contribution in [2.24, 2.45) is 11.8 Å². The quantitative estimate of drug-likeness (QED) is 0.799. The van der Waals surface area contributed by atoms with Gasteiger partial charge in [0.25, 0.3) is 0 Å². The summed E-state index contributed by atoms with van der Waals surface area (Å²) in [6, 6.07) is 4.20. The Morgan fingerprint density at radius 1 is 1.17 bits per heavy atom. The van der Waals surface area contributed by atoms with E-state index in [0.29, 0.717) is 0 Å². The topological polar surface area (TPSA) is 32.3 Å². The molecule has 4 rings (SSSR count). The number of rotatable bonds is 3. The number of likely N-dealkylation sites (tertiary alicyclic amines) is 1. The molecular formula is C17H21BrN4S. The lowest BCUT2D eigenvalue weighted by Gasteiger charge is -2.22. The lowest BCUT2D eigenvalue weighted by Crippen LogP contribution is -2.29. The molecule has 0 amide bonds. The van der Waals surface area contributed by atoms with Gasteiger partial charge in [-0.25, -0.2) is 9.97 Å². The minimum atomic E-state index is 0.773. The number of halogens is 1. The van der Waals surface area contributed by atoms with Crippen LogP contribution >= 0.6 is 27.3 Å². The summed E-state index contributed by atoms with van der Waals surface area (Å²) in [6.45, 7) is 9.98. The zero-order chi connectivity index (χ0) is 16.0.